The molecule has 2 saturated heterocycles. The molecule has 54 heavy (non-hydrogen) atoms. The van der Waals surface area contributed by atoms with Crippen LogP contribution in [0.15, 0.2) is 54.7 Å². The van der Waals surface area contributed by atoms with Crippen molar-refractivity contribution in [3.05, 3.63) is 65.9 Å². The number of unbranched alkanes of at least 4 members (excludes halogenated alkanes) is 1. The van der Waals surface area contributed by atoms with E-state index in [0.717, 1.165) is 16.5 Å². The van der Waals surface area contributed by atoms with Crippen LogP contribution in [0.3, 0.4) is 0 Å². The van der Waals surface area contributed by atoms with Crippen molar-refractivity contribution in [1.29, 1.82) is 0 Å². The number of aromatic amines is 1. The summed E-state index contributed by atoms with van der Waals surface area (Å²) in [5.41, 5.74) is 7.91. The molecule has 17 heteroatoms. The summed E-state index contributed by atoms with van der Waals surface area (Å²) in [5.74, 6) is -3.71. The molecule has 0 spiro atoms. The van der Waals surface area contributed by atoms with E-state index < -0.39 is 77.6 Å². The van der Waals surface area contributed by atoms with Crippen molar-refractivity contribution in [2.24, 2.45) is 11.7 Å². The number of phenolic OH excluding ortho intramolecular Hbond substituents is 1. The summed E-state index contributed by atoms with van der Waals surface area (Å²) in [4.78, 5) is 86.7. The highest BCUT2D eigenvalue weighted by Gasteiger charge is 2.37. The summed E-state index contributed by atoms with van der Waals surface area (Å²) in [6.45, 7) is 3.87. The van der Waals surface area contributed by atoms with Gasteiger partial charge in [-0.15, -0.1) is 0 Å². The lowest BCUT2D eigenvalue weighted by Crippen LogP contribution is -2.63. The number of nitrogens with one attached hydrogen (secondary N) is 7. The van der Waals surface area contributed by atoms with Crippen LogP contribution in [0.2, 0.25) is 0 Å². The van der Waals surface area contributed by atoms with Crippen LogP contribution in [0.25, 0.3) is 10.9 Å². The number of amides is 6. The van der Waals surface area contributed by atoms with Crippen molar-refractivity contribution in [2.45, 2.75) is 82.2 Å². The van der Waals surface area contributed by atoms with Crippen LogP contribution in [-0.4, -0.2) is 99.8 Å². The van der Waals surface area contributed by atoms with Gasteiger partial charge in [-0.05, 0) is 61.1 Å². The SMILES string of the molecule is CC(C)[C@@H]1NC(=O)[C@H](CCCCN)NC(=O)[C@@H](Cc2c[nH]c3ccccc23)NC(=O)[C@H](Cc2ccc(O)cc2)NC(=O)[C@@H]2CSSC[C@H](NC1=O)C(=O)N2. The molecule has 1 aromatic heterocycles. The minimum Gasteiger partial charge on any atom is -0.508 e. The van der Waals surface area contributed by atoms with Crippen molar-refractivity contribution < 1.29 is 33.9 Å². The van der Waals surface area contributed by atoms with Gasteiger partial charge in [0.25, 0.3) is 0 Å². The molecule has 2 bridgehead atoms. The zero-order valence-electron chi connectivity index (χ0n) is 30.2. The monoisotopic (exact) mass is 780 g/mol. The summed E-state index contributed by atoms with van der Waals surface area (Å²) >= 11 is 0. The number of para-hydroxylation sites is 1. The predicted molar refractivity (Wildman–Crippen MR) is 208 cm³/mol. The summed E-state index contributed by atoms with van der Waals surface area (Å²) in [5, 5.41) is 27.4. The molecule has 5 rings (SSSR count). The smallest absolute Gasteiger partial charge is 0.244 e. The molecule has 3 aromatic rings. The Labute approximate surface area is 321 Å². The Morgan fingerprint density at radius 3 is 1.93 bits per heavy atom. The first kappa shape index (κ1) is 40.4. The summed E-state index contributed by atoms with van der Waals surface area (Å²) in [6, 6.07) is 6.98. The lowest BCUT2D eigenvalue weighted by Gasteiger charge is -2.31. The van der Waals surface area contributed by atoms with Crippen LogP contribution in [0.1, 0.15) is 44.2 Å². The van der Waals surface area contributed by atoms with Gasteiger partial charge in [-0.2, -0.15) is 0 Å². The van der Waals surface area contributed by atoms with Crippen molar-refractivity contribution in [2.75, 3.05) is 18.1 Å². The first-order valence-corrected chi connectivity index (χ1v) is 20.5. The van der Waals surface area contributed by atoms with Gasteiger partial charge in [0.15, 0.2) is 0 Å². The fraction of sp³-hybridized carbons (Fsp3) is 0.459. The summed E-state index contributed by atoms with van der Waals surface area (Å²) < 4.78 is 0. The third kappa shape index (κ3) is 10.7. The van der Waals surface area contributed by atoms with Crippen LogP contribution in [-0.2, 0) is 41.6 Å². The second-order valence-corrected chi connectivity index (χ2v) is 16.4. The highest BCUT2D eigenvalue weighted by Crippen LogP contribution is 2.25. The highest BCUT2D eigenvalue weighted by molar-refractivity contribution is 8.76. The number of hydrogen-bond donors (Lipinski definition) is 9. The molecule has 0 radical (unpaired) electrons. The molecule has 3 heterocycles. The molecule has 2 aliphatic rings. The largest absolute Gasteiger partial charge is 0.508 e. The number of carbonyl (C=O) groups is 6. The highest BCUT2D eigenvalue weighted by atomic mass is 33.1. The fourth-order valence-corrected chi connectivity index (χ4v) is 8.63. The molecule has 2 aliphatic heterocycles. The van der Waals surface area contributed by atoms with Crippen LogP contribution >= 0.6 is 21.6 Å². The second kappa shape index (κ2) is 19.0. The Balaban J connectivity index is 1.54. The van der Waals surface area contributed by atoms with Gasteiger partial charge < -0.3 is 47.7 Å². The molecular weight excluding hydrogens is 733 g/mol. The van der Waals surface area contributed by atoms with Crippen molar-refractivity contribution in [1.82, 2.24) is 36.9 Å². The number of benzene rings is 2. The summed E-state index contributed by atoms with van der Waals surface area (Å²) in [6.07, 6.45) is 3.05. The number of aromatic nitrogens is 1. The van der Waals surface area contributed by atoms with Crippen molar-refractivity contribution in [3.63, 3.8) is 0 Å². The van der Waals surface area contributed by atoms with Crippen LogP contribution in [0, 0.1) is 5.92 Å². The van der Waals surface area contributed by atoms with E-state index in [0.29, 0.717) is 24.9 Å². The third-order valence-corrected chi connectivity index (χ3v) is 11.8. The molecule has 290 valence electrons. The number of rotatable bonds is 9. The zero-order valence-corrected chi connectivity index (χ0v) is 31.8. The Hall–Kier alpha value is -4.74. The van der Waals surface area contributed by atoms with Gasteiger partial charge in [-0.1, -0.05) is 65.8 Å². The van der Waals surface area contributed by atoms with E-state index in [9.17, 15) is 33.9 Å². The van der Waals surface area contributed by atoms with Crippen LogP contribution < -0.4 is 37.6 Å². The number of phenols is 1. The second-order valence-electron chi connectivity index (χ2n) is 13.8. The Morgan fingerprint density at radius 1 is 0.685 bits per heavy atom. The number of aromatic hydroxyl groups is 1. The number of H-pyrrole nitrogens is 1. The van der Waals surface area contributed by atoms with Gasteiger partial charge in [0, 0.05) is 41.4 Å². The average Bonchev–Trinajstić information content (AvgIpc) is 3.55. The molecule has 15 nitrogen and oxygen atoms in total. The van der Waals surface area contributed by atoms with E-state index in [1.54, 1.807) is 32.2 Å². The lowest BCUT2D eigenvalue weighted by molar-refractivity contribution is -0.136. The molecule has 6 amide bonds. The third-order valence-electron chi connectivity index (χ3n) is 9.39. The van der Waals surface area contributed by atoms with Gasteiger partial charge >= 0.3 is 0 Å². The van der Waals surface area contributed by atoms with E-state index in [1.807, 2.05) is 24.3 Å². The van der Waals surface area contributed by atoms with E-state index >= 15 is 0 Å². The Bertz CT molecular complexity index is 1820. The van der Waals surface area contributed by atoms with Gasteiger partial charge in [0.05, 0.1) is 0 Å². The van der Waals surface area contributed by atoms with E-state index in [-0.39, 0.29) is 36.5 Å². The maximum Gasteiger partial charge on any atom is 0.244 e. The molecule has 0 unspecified atom stereocenters. The van der Waals surface area contributed by atoms with Gasteiger partial charge in [-0.25, -0.2) is 0 Å². The molecule has 0 saturated carbocycles. The van der Waals surface area contributed by atoms with E-state index in [1.165, 1.54) is 33.7 Å². The number of fused-ring (bicyclic) bond motifs is 4. The number of carbonyl (C=O) groups excluding carboxylic acids is 6. The zero-order chi connectivity index (χ0) is 38.8. The van der Waals surface area contributed by atoms with E-state index in [4.69, 9.17) is 5.73 Å². The van der Waals surface area contributed by atoms with Crippen LogP contribution in [0.4, 0.5) is 0 Å². The Morgan fingerprint density at radius 2 is 1.26 bits per heavy atom. The van der Waals surface area contributed by atoms with E-state index in [2.05, 4.69) is 36.9 Å². The van der Waals surface area contributed by atoms with Gasteiger partial charge in [-0.3, -0.25) is 28.8 Å². The average molecular weight is 781 g/mol. The lowest BCUT2D eigenvalue weighted by atomic mass is 9.99. The standard InChI is InChI=1S/C37H48N8O7S2/c1-20(2)31-37(52)44-30-19-54-53-18-29(43-36(30)51)35(50)41-27(15-21-10-12-23(46)13-11-21)33(48)42-28(16-22-17-39-25-8-4-3-7-24(22)25)34(49)40-26(32(47)45-31)9-5-6-14-38/h3-4,7-8,10-13,17,20,26-31,39,46H,5-6,9,14-16,18-19,38H2,1-2H3,(H,40,49)(H,41,50)(H,42,48)(H,43,51)(H,44,52)(H,45,47)/t26-,27-,28+,29-,30-,31-/m0/s1. The first-order chi connectivity index (χ1) is 25.9. The molecule has 2 fully saturated rings. The first-order valence-electron chi connectivity index (χ1n) is 18.0. The molecule has 0 aliphatic carbocycles. The topological polar surface area (TPSA) is 237 Å². The van der Waals surface area contributed by atoms with Crippen LogP contribution in [0.5, 0.6) is 5.75 Å². The minimum absolute atomic E-state index is 0.0127. The summed E-state index contributed by atoms with van der Waals surface area (Å²) in [7, 11) is 2.64. The normalized spacial score (nSPS) is 25.0. The number of hydrogen-bond acceptors (Lipinski definition) is 10. The fourth-order valence-electron chi connectivity index (χ4n) is 6.31. The Kier molecular flexibility index (Phi) is 14.3. The maximum absolute atomic E-state index is 14.3. The van der Waals surface area contributed by atoms with Gasteiger partial charge in [0.2, 0.25) is 35.4 Å². The molecule has 6 atom stereocenters. The molecular formula is C37H48N8O7S2. The molecule has 10 N–H and O–H groups in total. The van der Waals surface area contributed by atoms with Crippen molar-refractivity contribution in [3.8, 4) is 5.75 Å². The molecule has 2 aromatic carbocycles. The predicted octanol–water partition coefficient (Wildman–Crippen LogP) is 0.761. The van der Waals surface area contributed by atoms with Gasteiger partial charge in [0.1, 0.15) is 42.0 Å². The number of nitrogens with two attached hydrogens (primary N) is 1. The van der Waals surface area contributed by atoms with Crippen molar-refractivity contribution >= 4 is 67.9 Å². The quantitative estimate of drug-likeness (QED) is 0.109. The maximum atomic E-state index is 14.3. The minimum atomic E-state index is -1.22.